The van der Waals surface area contributed by atoms with Crippen LogP contribution in [0.2, 0.25) is 0 Å². The number of benzene rings is 1. The summed E-state index contributed by atoms with van der Waals surface area (Å²) in [6, 6.07) is 6.38. The predicted octanol–water partition coefficient (Wildman–Crippen LogP) is 1.08. The number of likely N-dealkylation sites (tertiary alicyclic amines) is 1. The molecule has 2 fully saturated rings. The number of nitrogens with zero attached hydrogens (tertiary/aromatic N) is 3. The van der Waals surface area contributed by atoms with E-state index in [9.17, 15) is 4.79 Å². The van der Waals surface area contributed by atoms with Crippen molar-refractivity contribution in [3.8, 4) is 5.75 Å². The summed E-state index contributed by atoms with van der Waals surface area (Å²) in [7, 11) is 3.80. The fourth-order valence-electron chi connectivity index (χ4n) is 3.32. The largest absolute Gasteiger partial charge is 0.496 e. The molecule has 22 heavy (non-hydrogen) atoms. The number of ether oxygens (including phenoxy) is 1. The molecule has 2 saturated heterocycles. The Hall–Kier alpha value is -1.59. The molecule has 120 valence electrons. The van der Waals surface area contributed by atoms with Crippen LogP contribution in [0.15, 0.2) is 18.2 Å². The average Bonchev–Trinajstić information content (AvgIpc) is 2.52. The number of methoxy groups -OCH3 is 1. The molecule has 0 N–H and O–H groups in total. The first-order valence-electron chi connectivity index (χ1n) is 7.95. The van der Waals surface area contributed by atoms with E-state index in [2.05, 4.69) is 16.8 Å². The van der Waals surface area contributed by atoms with Crippen LogP contribution in [0.25, 0.3) is 0 Å². The lowest BCUT2D eigenvalue weighted by atomic mass is 10.1. The molecule has 5 nitrogen and oxygen atoms in total. The van der Waals surface area contributed by atoms with Crippen molar-refractivity contribution < 1.29 is 9.53 Å². The number of likely N-dealkylation sites (N-methyl/N-ethyl adjacent to an activating group) is 1. The molecular weight excluding hydrogens is 278 g/mol. The van der Waals surface area contributed by atoms with E-state index in [4.69, 9.17) is 4.74 Å². The number of carbonyl (C=O) groups excluding carboxylic acids is 1. The average molecular weight is 303 g/mol. The van der Waals surface area contributed by atoms with Crippen LogP contribution in [0.1, 0.15) is 15.9 Å². The van der Waals surface area contributed by atoms with E-state index < -0.39 is 0 Å². The molecule has 1 aromatic carbocycles. The van der Waals surface area contributed by atoms with E-state index in [1.807, 2.05) is 30.0 Å². The van der Waals surface area contributed by atoms with Gasteiger partial charge in [0.05, 0.1) is 7.11 Å². The predicted molar refractivity (Wildman–Crippen MR) is 86.5 cm³/mol. The van der Waals surface area contributed by atoms with Crippen molar-refractivity contribution in [3.05, 3.63) is 29.3 Å². The SMILES string of the molecule is COc1cc(C(=O)N2CCN(C3CN(C)C3)CC2)ccc1C. The minimum Gasteiger partial charge on any atom is -0.496 e. The van der Waals surface area contributed by atoms with Crippen molar-refractivity contribution >= 4 is 5.91 Å². The fourth-order valence-corrected chi connectivity index (χ4v) is 3.32. The third kappa shape index (κ3) is 2.96. The van der Waals surface area contributed by atoms with Crippen molar-refractivity contribution in [2.24, 2.45) is 0 Å². The molecular formula is C17H25N3O2. The van der Waals surface area contributed by atoms with E-state index >= 15 is 0 Å². The molecule has 0 saturated carbocycles. The molecule has 5 heteroatoms. The van der Waals surface area contributed by atoms with Gasteiger partial charge in [0.15, 0.2) is 0 Å². The zero-order valence-corrected chi connectivity index (χ0v) is 13.7. The molecule has 0 aromatic heterocycles. The molecule has 0 aliphatic carbocycles. The first kappa shape index (κ1) is 15.3. The van der Waals surface area contributed by atoms with E-state index in [1.54, 1.807) is 7.11 Å². The van der Waals surface area contributed by atoms with Crippen LogP contribution in [0, 0.1) is 6.92 Å². The second-order valence-electron chi connectivity index (χ2n) is 6.39. The summed E-state index contributed by atoms with van der Waals surface area (Å²) in [5.74, 6) is 0.894. The van der Waals surface area contributed by atoms with Gasteiger partial charge in [-0.05, 0) is 31.7 Å². The van der Waals surface area contributed by atoms with Crippen LogP contribution in [-0.2, 0) is 0 Å². The van der Waals surface area contributed by atoms with Crippen LogP contribution in [0.5, 0.6) is 5.75 Å². The summed E-state index contributed by atoms with van der Waals surface area (Å²) in [5.41, 5.74) is 1.78. The number of rotatable bonds is 3. The molecule has 0 bridgehead atoms. The minimum absolute atomic E-state index is 0.115. The van der Waals surface area contributed by atoms with Crippen LogP contribution < -0.4 is 4.74 Å². The van der Waals surface area contributed by atoms with Gasteiger partial charge in [0.25, 0.3) is 5.91 Å². The number of piperazine rings is 1. The van der Waals surface area contributed by atoms with Crippen LogP contribution in [-0.4, -0.2) is 80.1 Å². The van der Waals surface area contributed by atoms with Crippen molar-refractivity contribution in [2.75, 3.05) is 53.4 Å². The molecule has 3 rings (SSSR count). The Kier molecular flexibility index (Phi) is 4.36. The monoisotopic (exact) mass is 303 g/mol. The molecule has 0 spiro atoms. The van der Waals surface area contributed by atoms with Gasteiger partial charge in [-0.25, -0.2) is 0 Å². The van der Waals surface area contributed by atoms with E-state index in [0.29, 0.717) is 6.04 Å². The highest BCUT2D eigenvalue weighted by Crippen LogP contribution is 2.21. The van der Waals surface area contributed by atoms with Crippen LogP contribution >= 0.6 is 0 Å². The third-order valence-electron chi connectivity index (χ3n) is 4.82. The van der Waals surface area contributed by atoms with Crippen LogP contribution in [0.4, 0.5) is 0 Å². The summed E-state index contributed by atoms with van der Waals surface area (Å²) in [6.45, 7) is 7.89. The number of hydrogen-bond acceptors (Lipinski definition) is 4. The molecule has 2 aliphatic rings. The Morgan fingerprint density at radius 1 is 1.18 bits per heavy atom. The molecule has 1 amide bonds. The fraction of sp³-hybridized carbons (Fsp3) is 0.588. The van der Waals surface area contributed by atoms with E-state index in [-0.39, 0.29) is 5.91 Å². The summed E-state index contributed by atoms with van der Waals surface area (Å²) >= 11 is 0. The van der Waals surface area contributed by atoms with Gasteiger partial charge in [0.1, 0.15) is 5.75 Å². The lowest BCUT2D eigenvalue weighted by Gasteiger charge is -2.46. The van der Waals surface area contributed by atoms with Gasteiger partial charge in [-0.15, -0.1) is 0 Å². The lowest BCUT2D eigenvalue weighted by molar-refractivity contribution is 0.0173. The molecule has 0 radical (unpaired) electrons. The van der Waals surface area contributed by atoms with Gasteiger partial charge >= 0.3 is 0 Å². The normalized spacial score (nSPS) is 20.8. The highest BCUT2D eigenvalue weighted by atomic mass is 16.5. The first-order chi connectivity index (χ1) is 10.6. The van der Waals surface area contributed by atoms with Gasteiger partial charge in [-0.2, -0.15) is 0 Å². The summed E-state index contributed by atoms with van der Waals surface area (Å²) in [6.07, 6.45) is 0. The second-order valence-corrected chi connectivity index (χ2v) is 6.39. The number of carbonyl (C=O) groups is 1. The third-order valence-corrected chi connectivity index (χ3v) is 4.82. The number of hydrogen-bond donors (Lipinski definition) is 0. The van der Waals surface area contributed by atoms with Crippen molar-refractivity contribution in [1.29, 1.82) is 0 Å². The first-order valence-corrected chi connectivity index (χ1v) is 7.95. The lowest BCUT2D eigenvalue weighted by Crippen LogP contribution is -2.62. The topological polar surface area (TPSA) is 36.0 Å². The molecule has 0 unspecified atom stereocenters. The molecule has 2 heterocycles. The smallest absolute Gasteiger partial charge is 0.254 e. The highest BCUT2D eigenvalue weighted by molar-refractivity contribution is 5.94. The van der Waals surface area contributed by atoms with Crippen molar-refractivity contribution in [1.82, 2.24) is 14.7 Å². The maximum absolute atomic E-state index is 12.6. The van der Waals surface area contributed by atoms with Gasteiger partial charge in [0.2, 0.25) is 0 Å². The van der Waals surface area contributed by atoms with Crippen molar-refractivity contribution in [2.45, 2.75) is 13.0 Å². The quantitative estimate of drug-likeness (QED) is 0.837. The zero-order chi connectivity index (χ0) is 15.7. The summed E-state index contributed by atoms with van der Waals surface area (Å²) in [5, 5.41) is 0. The Morgan fingerprint density at radius 3 is 2.45 bits per heavy atom. The standard InChI is InChI=1S/C17H25N3O2/c1-13-4-5-14(10-16(13)22-3)17(21)20-8-6-19(7-9-20)15-11-18(2)12-15/h4-5,10,15H,6-9,11-12H2,1-3H3. The maximum Gasteiger partial charge on any atom is 0.254 e. The van der Waals surface area contributed by atoms with E-state index in [1.165, 1.54) is 0 Å². The minimum atomic E-state index is 0.115. The Morgan fingerprint density at radius 2 is 1.86 bits per heavy atom. The van der Waals surface area contributed by atoms with Gasteiger partial charge in [-0.3, -0.25) is 9.69 Å². The Bertz CT molecular complexity index is 547. The van der Waals surface area contributed by atoms with Crippen molar-refractivity contribution in [3.63, 3.8) is 0 Å². The van der Waals surface area contributed by atoms with Gasteiger partial charge in [0, 0.05) is 50.9 Å². The Balaban J connectivity index is 1.60. The summed E-state index contributed by atoms with van der Waals surface area (Å²) in [4.78, 5) is 19.4. The van der Waals surface area contributed by atoms with Crippen LogP contribution in [0.3, 0.4) is 0 Å². The zero-order valence-electron chi connectivity index (χ0n) is 13.7. The van der Waals surface area contributed by atoms with Gasteiger partial charge < -0.3 is 14.5 Å². The number of amides is 1. The molecule has 1 aromatic rings. The Labute approximate surface area is 132 Å². The highest BCUT2D eigenvalue weighted by Gasteiger charge is 2.32. The molecule has 2 aliphatic heterocycles. The molecule has 0 atom stereocenters. The van der Waals surface area contributed by atoms with E-state index in [0.717, 1.165) is 56.1 Å². The summed E-state index contributed by atoms with van der Waals surface area (Å²) < 4.78 is 5.32. The second kappa shape index (κ2) is 6.26. The number of aryl methyl sites for hydroxylation is 1. The van der Waals surface area contributed by atoms with Gasteiger partial charge in [-0.1, -0.05) is 6.07 Å². The maximum atomic E-state index is 12.6.